The predicted octanol–water partition coefficient (Wildman–Crippen LogP) is 4.59. The van der Waals surface area contributed by atoms with Gasteiger partial charge in [0.15, 0.2) is 5.69 Å². The summed E-state index contributed by atoms with van der Waals surface area (Å²) in [5, 5.41) is 11.3. The minimum Gasteiger partial charge on any atom is -0.321 e. The smallest absolute Gasteiger partial charge is 0.278 e. The van der Waals surface area contributed by atoms with Crippen LogP contribution in [0.15, 0.2) is 77.7 Å². The summed E-state index contributed by atoms with van der Waals surface area (Å²) in [6.45, 7) is 3.62. The zero-order valence-corrected chi connectivity index (χ0v) is 19.4. The molecule has 0 aliphatic heterocycles. The first-order chi connectivity index (χ1) is 15.7. The second-order valence-corrected chi connectivity index (χ2v) is 9.48. The van der Waals surface area contributed by atoms with Crippen LogP contribution in [0.2, 0.25) is 5.02 Å². The molecule has 0 aliphatic carbocycles. The van der Waals surface area contributed by atoms with Crippen molar-refractivity contribution >= 4 is 38.9 Å². The Morgan fingerprint density at radius 2 is 1.61 bits per heavy atom. The van der Waals surface area contributed by atoms with Gasteiger partial charge < -0.3 is 5.32 Å². The molecule has 0 unspecified atom stereocenters. The molecule has 2 N–H and O–H groups in total. The number of hydrogen-bond acceptors (Lipinski definition) is 5. The second-order valence-electron chi connectivity index (χ2n) is 7.37. The number of nitrogens with zero attached hydrogens (tertiary/aromatic N) is 3. The first kappa shape index (κ1) is 22.5. The monoisotopic (exact) mass is 481 g/mol. The molecule has 10 heteroatoms. The van der Waals surface area contributed by atoms with Crippen LogP contribution in [0.1, 0.15) is 21.7 Å². The molecule has 0 fully saturated rings. The van der Waals surface area contributed by atoms with Gasteiger partial charge in [-0.3, -0.25) is 9.52 Å². The van der Waals surface area contributed by atoms with Crippen molar-refractivity contribution in [2.75, 3.05) is 10.0 Å². The van der Waals surface area contributed by atoms with Crippen LogP contribution in [0.5, 0.6) is 0 Å². The number of nitrogens with one attached hydrogen (secondary N) is 2. The largest absolute Gasteiger partial charge is 0.321 e. The van der Waals surface area contributed by atoms with Crippen molar-refractivity contribution in [3.05, 3.63) is 94.8 Å². The SMILES string of the molecule is Cc1ccc(S(=O)(=O)Nc2ccc(NC(=O)c3nnn(-c4cccc(Cl)c4)c3C)cc2)cc1. The molecule has 0 aliphatic rings. The van der Waals surface area contributed by atoms with Gasteiger partial charge in [-0.15, -0.1) is 5.10 Å². The van der Waals surface area contributed by atoms with E-state index in [1.165, 1.54) is 4.68 Å². The van der Waals surface area contributed by atoms with Crippen molar-refractivity contribution in [2.45, 2.75) is 18.7 Å². The predicted molar refractivity (Wildman–Crippen MR) is 127 cm³/mol. The van der Waals surface area contributed by atoms with Gasteiger partial charge >= 0.3 is 0 Å². The van der Waals surface area contributed by atoms with Gasteiger partial charge in [-0.1, -0.05) is 40.6 Å². The van der Waals surface area contributed by atoms with Gasteiger partial charge in [-0.2, -0.15) is 0 Å². The summed E-state index contributed by atoms with van der Waals surface area (Å²) in [7, 11) is -3.71. The topological polar surface area (TPSA) is 106 Å². The molecule has 0 saturated carbocycles. The van der Waals surface area contributed by atoms with E-state index >= 15 is 0 Å². The number of aryl methyl sites for hydroxylation is 1. The van der Waals surface area contributed by atoms with E-state index in [1.807, 2.05) is 13.0 Å². The fraction of sp³-hybridized carbons (Fsp3) is 0.0870. The maximum atomic E-state index is 12.7. The van der Waals surface area contributed by atoms with Gasteiger partial charge in [0.25, 0.3) is 15.9 Å². The zero-order chi connectivity index (χ0) is 23.6. The molecular formula is C23H20ClN5O3S. The van der Waals surface area contributed by atoms with Crippen molar-refractivity contribution in [1.82, 2.24) is 15.0 Å². The summed E-state index contributed by atoms with van der Waals surface area (Å²) in [4.78, 5) is 12.9. The first-order valence-electron chi connectivity index (χ1n) is 9.92. The summed E-state index contributed by atoms with van der Waals surface area (Å²) < 4.78 is 29.1. The standard InChI is InChI=1S/C23H20ClN5O3S/c1-15-6-12-21(13-7-15)33(31,32)27-19-10-8-18(9-11-19)25-23(30)22-16(2)29(28-26-22)20-5-3-4-17(24)14-20/h3-14,27H,1-2H3,(H,25,30). The second kappa shape index (κ2) is 9.05. The third kappa shape index (κ3) is 5.05. The summed E-state index contributed by atoms with van der Waals surface area (Å²) in [6, 6.07) is 20.0. The Bertz CT molecular complexity index is 1420. The molecule has 1 aromatic heterocycles. The van der Waals surface area contributed by atoms with Gasteiger partial charge in [0.05, 0.1) is 16.3 Å². The molecule has 1 heterocycles. The number of anilines is 2. The number of hydrogen-bond donors (Lipinski definition) is 2. The van der Waals surface area contributed by atoms with Gasteiger partial charge in [0.2, 0.25) is 0 Å². The number of rotatable bonds is 6. The number of carbonyl (C=O) groups excluding carboxylic acids is 1. The molecule has 4 aromatic rings. The van der Waals surface area contributed by atoms with Crippen LogP contribution in [0.3, 0.4) is 0 Å². The highest BCUT2D eigenvalue weighted by Gasteiger charge is 2.18. The van der Waals surface area contributed by atoms with Crippen LogP contribution in [0.25, 0.3) is 5.69 Å². The van der Waals surface area contributed by atoms with E-state index in [0.29, 0.717) is 27.8 Å². The molecule has 0 spiro atoms. The normalized spacial score (nSPS) is 11.2. The maximum Gasteiger partial charge on any atom is 0.278 e. The Morgan fingerprint density at radius 3 is 2.27 bits per heavy atom. The van der Waals surface area contributed by atoms with E-state index in [4.69, 9.17) is 11.6 Å². The Morgan fingerprint density at radius 1 is 0.939 bits per heavy atom. The summed E-state index contributed by atoms with van der Waals surface area (Å²) >= 11 is 6.03. The van der Waals surface area contributed by atoms with Gasteiger partial charge in [0, 0.05) is 16.4 Å². The molecular weight excluding hydrogens is 462 g/mol. The van der Waals surface area contributed by atoms with Crippen LogP contribution in [0, 0.1) is 13.8 Å². The van der Waals surface area contributed by atoms with Crippen LogP contribution < -0.4 is 10.0 Å². The molecule has 168 valence electrons. The van der Waals surface area contributed by atoms with E-state index in [0.717, 1.165) is 5.56 Å². The first-order valence-corrected chi connectivity index (χ1v) is 11.8. The van der Waals surface area contributed by atoms with E-state index < -0.39 is 15.9 Å². The van der Waals surface area contributed by atoms with Crippen molar-refractivity contribution in [1.29, 1.82) is 0 Å². The lowest BCUT2D eigenvalue weighted by Gasteiger charge is -2.10. The van der Waals surface area contributed by atoms with Gasteiger partial charge in [0.1, 0.15) is 0 Å². The van der Waals surface area contributed by atoms with Crippen LogP contribution >= 0.6 is 11.6 Å². The van der Waals surface area contributed by atoms with E-state index in [2.05, 4.69) is 20.4 Å². The number of benzene rings is 3. The summed E-state index contributed by atoms with van der Waals surface area (Å²) in [6.07, 6.45) is 0. The van der Waals surface area contributed by atoms with Gasteiger partial charge in [-0.05, 0) is 68.4 Å². The van der Waals surface area contributed by atoms with E-state index in [1.54, 1.807) is 73.7 Å². The average molecular weight is 482 g/mol. The molecule has 0 radical (unpaired) electrons. The lowest BCUT2D eigenvalue weighted by molar-refractivity contribution is 0.102. The molecule has 8 nitrogen and oxygen atoms in total. The van der Waals surface area contributed by atoms with E-state index in [9.17, 15) is 13.2 Å². The number of halogens is 1. The fourth-order valence-corrected chi connectivity index (χ4v) is 4.38. The highest BCUT2D eigenvalue weighted by molar-refractivity contribution is 7.92. The highest BCUT2D eigenvalue weighted by Crippen LogP contribution is 2.20. The quantitative estimate of drug-likeness (QED) is 0.419. The van der Waals surface area contributed by atoms with Crippen LogP contribution in [0.4, 0.5) is 11.4 Å². The fourth-order valence-electron chi connectivity index (χ4n) is 3.14. The maximum absolute atomic E-state index is 12.7. The number of amides is 1. The molecule has 33 heavy (non-hydrogen) atoms. The number of carbonyl (C=O) groups is 1. The van der Waals surface area contributed by atoms with Crippen LogP contribution in [-0.2, 0) is 10.0 Å². The molecule has 4 rings (SSSR count). The third-order valence-electron chi connectivity index (χ3n) is 4.89. The lowest BCUT2D eigenvalue weighted by atomic mass is 10.2. The molecule has 0 atom stereocenters. The summed E-state index contributed by atoms with van der Waals surface area (Å²) in [5.41, 5.74) is 3.23. The van der Waals surface area contributed by atoms with Crippen molar-refractivity contribution < 1.29 is 13.2 Å². The third-order valence-corrected chi connectivity index (χ3v) is 6.52. The van der Waals surface area contributed by atoms with Crippen molar-refractivity contribution in [3.8, 4) is 5.69 Å². The van der Waals surface area contributed by atoms with Crippen molar-refractivity contribution in [3.63, 3.8) is 0 Å². The Kier molecular flexibility index (Phi) is 6.17. The molecule has 1 amide bonds. The number of sulfonamides is 1. The minimum absolute atomic E-state index is 0.166. The van der Waals surface area contributed by atoms with Gasteiger partial charge in [-0.25, -0.2) is 13.1 Å². The summed E-state index contributed by atoms with van der Waals surface area (Å²) in [5.74, 6) is -0.436. The zero-order valence-electron chi connectivity index (χ0n) is 17.8. The van der Waals surface area contributed by atoms with Crippen molar-refractivity contribution in [2.24, 2.45) is 0 Å². The molecule has 0 bridgehead atoms. The lowest BCUT2D eigenvalue weighted by Crippen LogP contribution is -2.15. The molecule has 3 aromatic carbocycles. The number of aromatic nitrogens is 3. The Labute approximate surface area is 196 Å². The highest BCUT2D eigenvalue weighted by atomic mass is 35.5. The van der Waals surface area contributed by atoms with E-state index in [-0.39, 0.29) is 10.6 Å². The average Bonchev–Trinajstić information content (AvgIpc) is 3.17. The minimum atomic E-state index is -3.71. The van der Waals surface area contributed by atoms with Crippen LogP contribution in [-0.4, -0.2) is 29.3 Å². The Balaban J connectivity index is 1.46. The molecule has 0 saturated heterocycles. The Hall–Kier alpha value is -3.69.